The van der Waals surface area contributed by atoms with Crippen molar-refractivity contribution in [2.45, 2.75) is 63.8 Å². The van der Waals surface area contributed by atoms with Gasteiger partial charge in [0.2, 0.25) is 0 Å². The van der Waals surface area contributed by atoms with E-state index < -0.39 is 0 Å². The first-order chi connectivity index (χ1) is 11.3. The van der Waals surface area contributed by atoms with Crippen molar-refractivity contribution in [1.82, 2.24) is 0 Å². The first-order valence-electron chi connectivity index (χ1n) is 8.74. The van der Waals surface area contributed by atoms with Gasteiger partial charge in [0.1, 0.15) is 6.29 Å². The number of anilines is 1. The average molecular weight is 358 g/mol. The highest BCUT2D eigenvalue weighted by Crippen LogP contribution is 2.18. The lowest BCUT2D eigenvalue weighted by atomic mass is 10.0. The zero-order valence-corrected chi connectivity index (χ0v) is 15.4. The van der Waals surface area contributed by atoms with E-state index in [2.05, 4.69) is 5.32 Å². The van der Waals surface area contributed by atoms with E-state index in [0.717, 1.165) is 42.1 Å². The SMILES string of the molecule is O=Cc1ccc(NC(CCCCCCl)CCCCCCCl)cc1. The van der Waals surface area contributed by atoms with Gasteiger partial charge in [-0.15, -0.1) is 23.2 Å². The van der Waals surface area contributed by atoms with E-state index in [9.17, 15) is 4.79 Å². The van der Waals surface area contributed by atoms with Gasteiger partial charge in [0.05, 0.1) is 0 Å². The van der Waals surface area contributed by atoms with Crippen LogP contribution >= 0.6 is 23.2 Å². The highest BCUT2D eigenvalue weighted by Gasteiger charge is 2.08. The van der Waals surface area contributed by atoms with Gasteiger partial charge in [-0.1, -0.05) is 32.1 Å². The summed E-state index contributed by atoms with van der Waals surface area (Å²) in [5, 5.41) is 3.62. The summed E-state index contributed by atoms with van der Waals surface area (Å²) in [6, 6.07) is 8.19. The van der Waals surface area contributed by atoms with Gasteiger partial charge in [-0.25, -0.2) is 0 Å². The van der Waals surface area contributed by atoms with Crippen LogP contribution in [0.3, 0.4) is 0 Å². The molecule has 0 bridgehead atoms. The monoisotopic (exact) mass is 357 g/mol. The molecule has 1 unspecified atom stereocenters. The molecule has 0 aliphatic rings. The average Bonchev–Trinajstić information content (AvgIpc) is 2.59. The first-order valence-corrected chi connectivity index (χ1v) is 9.80. The zero-order valence-electron chi connectivity index (χ0n) is 13.9. The summed E-state index contributed by atoms with van der Waals surface area (Å²) in [5.41, 5.74) is 1.81. The fraction of sp³-hybridized carbons (Fsp3) is 0.632. The first kappa shape index (κ1) is 20.3. The van der Waals surface area contributed by atoms with Crippen LogP contribution in [0, 0.1) is 0 Å². The van der Waals surface area contributed by atoms with Crippen LogP contribution in [0.5, 0.6) is 0 Å². The summed E-state index contributed by atoms with van der Waals surface area (Å²) in [7, 11) is 0. The van der Waals surface area contributed by atoms with Crippen LogP contribution in [-0.4, -0.2) is 24.1 Å². The van der Waals surface area contributed by atoms with Crippen molar-refractivity contribution in [3.8, 4) is 0 Å². The molecule has 2 nitrogen and oxygen atoms in total. The third-order valence-corrected chi connectivity index (χ3v) is 4.57. The van der Waals surface area contributed by atoms with Gasteiger partial charge >= 0.3 is 0 Å². The van der Waals surface area contributed by atoms with Crippen LogP contribution in [-0.2, 0) is 0 Å². The highest BCUT2D eigenvalue weighted by atomic mass is 35.5. The standard InChI is InChI=1S/C19H29Cl2NO/c20-14-6-2-1-4-8-18(9-5-3-7-15-21)22-19-12-10-17(16-23)11-13-19/h10-13,16,18,22H,1-9,14-15H2. The second kappa shape index (κ2) is 13.7. The Morgan fingerprint density at radius 3 is 1.87 bits per heavy atom. The number of rotatable bonds is 14. The van der Waals surface area contributed by atoms with Crippen molar-refractivity contribution in [2.24, 2.45) is 0 Å². The van der Waals surface area contributed by atoms with Crippen molar-refractivity contribution < 1.29 is 4.79 Å². The second-order valence-corrected chi connectivity index (χ2v) is 6.77. The number of alkyl halides is 2. The van der Waals surface area contributed by atoms with E-state index in [-0.39, 0.29) is 0 Å². The lowest BCUT2D eigenvalue weighted by Crippen LogP contribution is -2.19. The predicted octanol–water partition coefficient (Wildman–Crippen LogP) is 6.27. The van der Waals surface area contributed by atoms with Crippen molar-refractivity contribution in [3.05, 3.63) is 29.8 Å². The van der Waals surface area contributed by atoms with Crippen LogP contribution in [0.15, 0.2) is 24.3 Å². The molecule has 0 aliphatic carbocycles. The van der Waals surface area contributed by atoms with Crippen LogP contribution in [0.1, 0.15) is 68.1 Å². The number of hydrogen-bond donors (Lipinski definition) is 1. The number of benzene rings is 1. The molecule has 0 saturated heterocycles. The van der Waals surface area contributed by atoms with Crippen molar-refractivity contribution >= 4 is 35.2 Å². The Labute approximate surface area is 150 Å². The van der Waals surface area contributed by atoms with E-state index in [1.54, 1.807) is 0 Å². The Morgan fingerprint density at radius 1 is 0.826 bits per heavy atom. The van der Waals surface area contributed by atoms with E-state index >= 15 is 0 Å². The number of nitrogens with one attached hydrogen (secondary N) is 1. The summed E-state index contributed by atoms with van der Waals surface area (Å²) in [4.78, 5) is 10.7. The largest absolute Gasteiger partial charge is 0.382 e. The van der Waals surface area contributed by atoms with Gasteiger partial charge in [0, 0.05) is 29.1 Å². The van der Waals surface area contributed by atoms with Gasteiger partial charge < -0.3 is 5.32 Å². The quantitative estimate of drug-likeness (QED) is 0.241. The third kappa shape index (κ3) is 9.88. The molecule has 4 heteroatoms. The number of unbranched alkanes of at least 4 members (excludes halogenated alkanes) is 5. The normalized spacial score (nSPS) is 12.1. The maximum absolute atomic E-state index is 10.7. The van der Waals surface area contributed by atoms with Crippen molar-refractivity contribution in [3.63, 3.8) is 0 Å². The molecular formula is C19H29Cl2NO. The molecule has 1 aromatic carbocycles. The molecule has 0 amide bonds. The number of carbonyl (C=O) groups is 1. The number of halogens is 2. The Hall–Kier alpha value is -0.730. The molecule has 130 valence electrons. The minimum absolute atomic E-state index is 0.489. The third-order valence-electron chi connectivity index (χ3n) is 4.04. The fourth-order valence-corrected chi connectivity index (χ4v) is 3.06. The van der Waals surface area contributed by atoms with E-state index in [4.69, 9.17) is 23.2 Å². The van der Waals surface area contributed by atoms with Gasteiger partial charge in [-0.3, -0.25) is 4.79 Å². The fourth-order valence-electron chi connectivity index (χ4n) is 2.68. The highest BCUT2D eigenvalue weighted by molar-refractivity contribution is 6.18. The van der Waals surface area contributed by atoms with Crippen LogP contribution in [0.4, 0.5) is 5.69 Å². The summed E-state index contributed by atoms with van der Waals surface area (Å²) in [5.74, 6) is 1.52. The summed E-state index contributed by atoms with van der Waals surface area (Å²) < 4.78 is 0. The molecule has 0 aromatic heterocycles. The van der Waals surface area contributed by atoms with E-state index in [1.807, 2.05) is 24.3 Å². The van der Waals surface area contributed by atoms with Gasteiger partial charge in [-0.2, -0.15) is 0 Å². The van der Waals surface area contributed by atoms with Crippen LogP contribution in [0.2, 0.25) is 0 Å². The zero-order chi connectivity index (χ0) is 16.8. The molecule has 1 atom stereocenters. The summed E-state index contributed by atoms with van der Waals surface area (Å²) in [6.07, 6.45) is 11.5. The Kier molecular flexibility index (Phi) is 12.1. The molecule has 23 heavy (non-hydrogen) atoms. The van der Waals surface area contributed by atoms with Crippen LogP contribution < -0.4 is 5.32 Å². The predicted molar refractivity (Wildman–Crippen MR) is 102 cm³/mol. The molecule has 0 fully saturated rings. The lowest BCUT2D eigenvalue weighted by Gasteiger charge is -2.20. The maximum Gasteiger partial charge on any atom is 0.150 e. The molecule has 1 N–H and O–H groups in total. The van der Waals surface area contributed by atoms with Crippen molar-refractivity contribution in [2.75, 3.05) is 17.1 Å². The maximum atomic E-state index is 10.7. The second-order valence-electron chi connectivity index (χ2n) is 6.01. The van der Waals surface area contributed by atoms with Crippen molar-refractivity contribution in [1.29, 1.82) is 0 Å². The lowest BCUT2D eigenvalue weighted by molar-refractivity contribution is 0.112. The van der Waals surface area contributed by atoms with Gasteiger partial charge in [0.25, 0.3) is 0 Å². The Bertz CT molecular complexity index is 408. The van der Waals surface area contributed by atoms with E-state index in [0.29, 0.717) is 6.04 Å². The smallest absolute Gasteiger partial charge is 0.150 e. The topological polar surface area (TPSA) is 29.1 Å². The number of aldehydes is 1. The number of carbonyl (C=O) groups excluding carboxylic acids is 1. The summed E-state index contributed by atoms with van der Waals surface area (Å²) in [6.45, 7) is 0. The molecule has 1 aromatic rings. The number of hydrogen-bond acceptors (Lipinski definition) is 2. The molecule has 0 radical (unpaired) electrons. The Balaban J connectivity index is 2.42. The molecule has 0 aliphatic heterocycles. The minimum atomic E-state index is 0.489. The summed E-state index contributed by atoms with van der Waals surface area (Å²) >= 11 is 11.5. The van der Waals surface area contributed by atoms with Gasteiger partial charge in [0.15, 0.2) is 0 Å². The van der Waals surface area contributed by atoms with Gasteiger partial charge in [-0.05, 0) is 49.9 Å². The Morgan fingerprint density at radius 2 is 1.35 bits per heavy atom. The molecule has 1 rings (SSSR count). The molecule has 0 saturated carbocycles. The molecular weight excluding hydrogens is 329 g/mol. The van der Waals surface area contributed by atoms with Crippen LogP contribution in [0.25, 0.3) is 0 Å². The molecule has 0 spiro atoms. The minimum Gasteiger partial charge on any atom is -0.382 e. The van der Waals surface area contributed by atoms with E-state index in [1.165, 1.54) is 44.9 Å². The molecule has 0 heterocycles.